The van der Waals surface area contributed by atoms with Gasteiger partial charge in [-0.25, -0.2) is 0 Å². The van der Waals surface area contributed by atoms with E-state index in [1.807, 2.05) is 32.0 Å². The predicted molar refractivity (Wildman–Crippen MR) is 149 cm³/mol. The zero-order valence-electron chi connectivity index (χ0n) is 23.5. The number of rotatable bonds is 9. The van der Waals surface area contributed by atoms with Crippen molar-refractivity contribution >= 4 is 0 Å². The van der Waals surface area contributed by atoms with Gasteiger partial charge in [-0.05, 0) is 112 Å². The molecule has 2 N–H and O–H groups in total. The van der Waals surface area contributed by atoms with E-state index >= 15 is 0 Å². The van der Waals surface area contributed by atoms with Gasteiger partial charge in [0, 0.05) is 37.4 Å². The monoisotopic (exact) mass is 519 g/mol. The molecule has 0 amide bonds. The van der Waals surface area contributed by atoms with Crippen LogP contribution in [0, 0.1) is 23.2 Å². The van der Waals surface area contributed by atoms with E-state index in [1.165, 1.54) is 44.1 Å². The Morgan fingerprint density at radius 2 is 1.71 bits per heavy atom. The van der Waals surface area contributed by atoms with E-state index in [2.05, 4.69) is 43.4 Å². The summed E-state index contributed by atoms with van der Waals surface area (Å²) in [5.74, 6) is 4.04. The number of hydrogen-bond donors (Lipinski definition) is 2. The van der Waals surface area contributed by atoms with Crippen molar-refractivity contribution in [1.82, 2.24) is 5.32 Å². The van der Waals surface area contributed by atoms with Crippen molar-refractivity contribution in [3.63, 3.8) is 0 Å². The summed E-state index contributed by atoms with van der Waals surface area (Å²) in [7, 11) is 0. The lowest BCUT2D eigenvalue weighted by Crippen LogP contribution is -2.52. The SMILES string of the molecule is CC(Cc1cccc(OC(C)C23CC4CC(CC(C4)C2)C3)c1)NCC(O)c1ccc2c(c1)COC(C)(C)O2. The van der Waals surface area contributed by atoms with E-state index in [1.54, 1.807) is 0 Å². The van der Waals surface area contributed by atoms with Crippen molar-refractivity contribution in [3.05, 3.63) is 59.2 Å². The molecular formula is C33H45NO4. The fourth-order valence-corrected chi connectivity index (χ4v) is 8.17. The number of fused-ring (bicyclic) bond motifs is 1. The molecule has 4 bridgehead atoms. The second-order valence-electron chi connectivity index (χ2n) is 13.4. The lowest BCUT2D eigenvalue weighted by atomic mass is 9.48. The van der Waals surface area contributed by atoms with Gasteiger partial charge in [-0.1, -0.05) is 18.2 Å². The van der Waals surface area contributed by atoms with Gasteiger partial charge in [0.2, 0.25) is 5.79 Å². The van der Waals surface area contributed by atoms with E-state index in [0.717, 1.165) is 46.8 Å². The Hall–Kier alpha value is -2.08. The molecule has 4 aliphatic carbocycles. The zero-order valence-corrected chi connectivity index (χ0v) is 23.5. The number of aliphatic hydroxyl groups is 1. The molecule has 1 heterocycles. The summed E-state index contributed by atoms with van der Waals surface area (Å²) < 4.78 is 18.3. The highest BCUT2D eigenvalue weighted by atomic mass is 16.7. The molecule has 5 heteroatoms. The van der Waals surface area contributed by atoms with Gasteiger partial charge >= 0.3 is 0 Å². The molecule has 0 saturated heterocycles. The van der Waals surface area contributed by atoms with Crippen LogP contribution in [0.5, 0.6) is 11.5 Å². The molecule has 7 rings (SSSR count). The number of ether oxygens (including phenoxy) is 3. The van der Waals surface area contributed by atoms with E-state index in [0.29, 0.717) is 18.6 Å². The summed E-state index contributed by atoms with van der Waals surface area (Å²) in [6.07, 6.45) is 9.07. The standard InChI is InChI=1S/C33H45NO4/c1-21(34-19-30(35)27-8-9-31-28(15-27)20-36-32(3,4)38-31)10-23-6-5-7-29(14-23)37-22(2)33-16-24-11-25(17-33)13-26(12-24)18-33/h5-9,14-15,21-22,24-26,30,34-35H,10-13,16-20H2,1-4H3. The first-order valence-corrected chi connectivity index (χ1v) is 14.8. The first-order chi connectivity index (χ1) is 18.2. The molecule has 4 fully saturated rings. The van der Waals surface area contributed by atoms with Gasteiger partial charge in [-0.15, -0.1) is 0 Å². The second kappa shape index (κ2) is 10.1. The van der Waals surface area contributed by atoms with Crippen molar-refractivity contribution in [2.45, 2.75) is 103 Å². The van der Waals surface area contributed by atoms with Crippen molar-refractivity contribution in [2.75, 3.05) is 6.54 Å². The highest BCUT2D eigenvalue weighted by Crippen LogP contribution is 2.61. The van der Waals surface area contributed by atoms with E-state index in [-0.39, 0.29) is 12.1 Å². The Morgan fingerprint density at radius 1 is 1.00 bits per heavy atom. The number of hydrogen-bond acceptors (Lipinski definition) is 5. The summed E-state index contributed by atoms with van der Waals surface area (Å²) in [6.45, 7) is 9.31. The average molecular weight is 520 g/mol. The van der Waals surface area contributed by atoms with Gasteiger partial charge in [0.05, 0.1) is 12.7 Å². The molecule has 1 aliphatic heterocycles. The first kappa shape index (κ1) is 26.2. The van der Waals surface area contributed by atoms with E-state index in [4.69, 9.17) is 14.2 Å². The van der Waals surface area contributed by atoms with Gasteiger partial charge in [0.15, 0.2) is 0 Å². The van der Waals surface area contributed by atoms with Crippen LogP contribution in [0.1, 0.15) is 89.0 Å². The van der Waals surface area contributed by atoms with Gasteiger partial charge in [0.25, 0.3) is 0 Å². The van der Waals surface area contributed by atoms with Crippen LogP contribution in [0.25, 0.3) is 0 Å². The molecular weight excluding hydrogens is 474 g/mol. The van der Waals surface area contributed by atoms with Crippen molar-refractivity contribution in [1.29, 1.82) is 0 Å². The third-order valence-corrected chi connectivity index (χ3v) is 9.76. The van der Waals surface area contributed by atoms with E-state index < -0.39 is 11.9 Å². The molecule has 4 saturated carbocycles. The second-order valence-corrected chi connectivity index (χ2v) is 13.4. The fourth-order valence-electron chi connectivity index (χ4n) is 8.17. The largest absolute Gasteiger partial charge is 0.490 e. The smallest absolute Gasteiger partial charge is 0.205 e. The maximum Gasteiger partial charge on any atom is 0.205 e. The lowest BCUT2D eigenvalue weighted by molar-refractivity contribution is -0.180. The Balaban J connectivity index is 1.02. The summed E-state index contributed by atoms with van der Waals surface area (Å²) in [4.78, 5) is 0. The third kappa shape index (κ3) is 5.48. The molecule has 0 spiro atoms. The van der Waals surface area contributed by atoms with Gasteiger partial charge in [-0.3, -0.25) is 0 Å². The topological polar surface area (TPSA) is 60.0 Å². The molecule has 0 aromatic heterocycles. The highest BCUT2D eigenvalue weighted by molar-refractivity contribution is 5.39. The van der Waals surface area contributed by atoms with Crippen LogP contribution in [0.4, 0.5) is 0 Å². The molecule has 38 heavy (non-hydrogen) atoms. The summed E-state index contributed by atoms with van der Waals surface area (Å²) in [5.41, 5.74) is 3.51. The number of aliphatic hydroxyl groups excluding tert-OH is 1. The Bertz CT molecular complexity index is 1110. The lowest BCUT2D eigenvalue weighted by Gasteiger charge is -2.58. The van der Waals surface area contributed by atoms with Crippen LogP contribution in [-0.2, 0) is 17.8 Å². The quantitative estimate of drug-likeness (QED) is 0.392. The minimum absolute atomic E-state index is 0.227. The number of nitrogens with one attached hydrogen (secondary N) is 1. The minimum Gasteiger partial charge on any atom is -0.490 e. The van der Waals surface area contributed by atoms with Gasteiger partial charge < -0.3 is 24.6 Å². The Kier molecular flexibility index (Phi) is 6.99. The van der Waals surface area contributed by atoms with Gasteiger partial charge in [0.1, 0.15) is 17.6 Å². The fraction of sp³-hybridized carbons (Fsp3) is 0.636. The zero-order chi connectivity index (χ0) is 26.5. The van der Waals surface area contributed by atoms with Crippen molar-refractivity contribution in [2.24, 2.45) is 23.2 Å². The summed E-state index contributed by atoms with van der Waals surface area (Å²) in [5, 5.41) is 14.4. The predicted octanol–water partition coefficient (Wildman–Crippen LogP) is 6.57. The van der Waals surface area contributed by atoms with Crippen molar-refractivity contribution in [3.8, 4) is 11.5 Å². The van der Waals surface area contributed by atoms with Crippen LogP contribution in [0.3, 0.4) is 0 Å². The Morgan fingerprint density at radius 3 is 2.42 bits per heavy atom. The molecule has 0 radical (unpaired) electrons. The maximum atomic E-state index is 10.8. The highest BCUT2D eigenvalue weighted by Gasteiger charge is 2.54. The van der Waals surface area contributed by atoms with Crippen LogP contribution in [-0.4, -0.2) is 29.6 Å². The van der Waals surface area contributed by atoms with Crippen LogP contribution in [0.2, 0.25) is 0 Å². The molecule has 3 atom stereocenters. The van der Waals surface area contributed by atoms with Crippen molar-refractivity contribution < 1.29 is 19.3 Å². The molecule has 3 unspecified atom stereocenters. The minimum atomic E-state index is -0.612. The van der Waals surface area contributed by atoms with E-state index in [9.17, 15) is 5.11 Å². The molecule has 2 aromatic carbocycles. The van der Waals surface area contributed by atoms with Crippen LogP contribution in [0.15, 0.2) is 42.5 Å². The third-order valence-electron chi connectivity index (χ3n) is 9.76. The molecule has 2 aromatic rings. The maximum absolute atomic E-state index is 10.8. The average Bonchev–Trinajstić information content (AvgIpc) is 2.86. The normalized spacial score (nSPS) is 31.2. The molecule has 5 nitrogen and oxygen atoms in total. The van der Waals surface area contributed by atoms with Gasteiger partial charge in [-0.2, -0.15) is 0 Å². The van der Waals surface area contributed by atoms with Crippen LogP contribution < -0.4 is 14.8 Å². The first-order valence-electron chi connectivity index (χ1n) is 14.8. The summed E-state index contributed by atoms with van der Waals surface area (Å²) in [6, 6.07) is 14.8. The number of benzene rings is 2. The molecule has 5 aliphatic rings. The molecule has 206 valence electrons. The summed E-state index contributed by atoms with van der Waals surface area (Å²) >= 11 is 0. The van der Waals surface area contributed by atoms with Crippen LogP contribution >= 0.6 is 0 Å². The Labute approximate surface area is 228 Å².